The molecular weight excluding hydrogens is 282 g/mol. The normalized spacial score (nSPS) is 21.2. The summed E-state index contributed by atoms with van der Waals surface area (Å²) in [5.41, 5.74) is 2.37. The van der Waals surface area contributed by atoms with Crippen molar-refractivity contribution in [1.29, 1.82) is 0 Å². The van der Waals surface area contributed by atoms with Gasteiger partial charge < -0.3 is 19.3 Å². The van der Waals surface area contributed by atoms with E-state index in [1.54, 1.807) is 7.11 Å². The third-order valence-corrected chi connectivity index (χ3v) is 4.05. The number of nitrogens with zero attached hydrogens (tertiary/aromatic N) is 2. The molecule has 0 bridgehead atoms. The van der Waals surface area contributed by atoms with Gasteiger partial charge in [0, 0.05) is 19.2 Å². The number of aromatic nitrogens is 2. The first-order valence-corrected chi connectivity index (χ1v) is 7.46. The molecule has 2 heterocycles. The number of hydrogen-bond acceptors (Lipinski definition) is 6. The molecular formula is C16H21N3O3. The maximum atomic E-state index is 5.75. The minimum atomic E-state index is -0.174. The van der Waals surface area contributed by atoms with Gasteiger partial charge in [-0.1, -0.05) is 17.3 Å². The fourth-order valence-corrected chi connectivity index (χ4v) is 2.78. The lowest BCUT2D eigenvalue weighted by Crippen LogP contribution is -2.31. The summed E-state index contributed by atoms with van der Waals surface area (Å²) in [4.78, 5) is 4.28. The van der Waals surface area contributed by atoms with Crippen molar-refractivity contribution in [2.75, 3.05) is 13.7 Å². The van der Waals surface area contributed by atoms with Crippen LogP contribution in [0.3, 0.4) is 0 Å². The monoisotopic (exact) mass is 303 g/mol. The van der Waals surface area contributed by atoms with E-state index in [1.807, 2.05) is 19.1 Å². The Morgan fingerprint density at radius 2 is 2.23 bits per heavy atom. The molecule has 0 spiro atoms. The van der Waals surface area contributed by atoms with E-state index in [0.717, 1.165) is 24.3 Å². The first kappa shape index (κ1) is 15.0. The van der Waals surface area contributed by atoms with Crippen molar-refractivity contribution in [2.24, 2.45) is 0 Å². The Morgan fingerprint density at radius 3 is 2.95 bits per heavy atom. The van der Waals surface area contributed by atoms with Crippen molar-refractivity contribution < 1.29 is 14.0 Å². The van der Waals surface area contributed by atoms with Gasteiger partial charge in [-0.15, -0.1) is 0 Å². The van der Waals surface area contributed by atoms with Gasteiger partial charge in [-0.2, -0.15) is 4.98 Å². The van der Waals surface area contributed by atoms with Crippen molar-refractivity contribution in [2.45, 2.75) is 39.0 Å². The molecule has 6 nitrogen and oxygen atoms in total. The number of rotatable bonds is 5. The van der Waals surface area contributed by atoms with Gasteiger partial charge in [-0.3, -0.25) is 0 Å². The minimum Gasteiger partial charge on any atom is -0.496 e. The number of aryl methyl sites for hydroxylation is 1. The van der Waals surface area contributed by atoms with Crippen LogP contribution in [0.5, 0.6) is 5.75 Å². The lowest BCUT2D eigenvalue weighted by molar-refractivity contribution is 0.0705. The quantitative estimate of drug-likeness (QED) is 0.914. The summed E-state index contributed by atoms with van der Waals surface area (Å²) in [5.74, 6) is 2.09. The van der Waals surface area contributed by atoms with Crippen molar-refractivity contribution in [3.8, 4) is 5.75 Å². The molecule has 1 aromatic heterocycles. The standard InChI is InChI=1S/C16H21N3O3/c1-10-12(5-4-6-14(10)20-3)9-17-13-7-8-21-15(13)16-18-11(2)19-22-16/h4-6,13,15,17H,7-9H2,1-3H3/t13-,15+/m1/s1. The molecule has 1 aliphatic heterocycles. The molecule has 1 aromatic carbocycles. The Morgan fingerprint density at radius 1 is 1.36 bits per heavy atom. The average molecular weight is 303 g/mol. The van der Waals surface area contributed by atoms with Crippen molar-refractivity contribution in [3.05, 3.63) is 41.0 Å². The van der Waals surface area contributed by atoms with Crippen LogP contribution in [-0.2, 0) is 11.3 Å². The SMILES string of the molecule is COc1cccc(CN[C@@H]2CCO[C@@H]2c2nc(C)no2)c1C. The summed E-state index contributed by atoms with van der Waals surface area (Å²) in [6, 6.07) is 6.26. The van der Waals surface area contributed by atoms with Crippen LogP contribution < -0.4 is 10.1 Å². The van der Waals surface area contributed by atoms with E-state index in [-0.39, 0.29) is 12.1 Å². The number of benzene rings is 1. The molecule has 6 heteroatoms. The molecule has 118 valence electrons. The first-order valence-electron chi connectivity index (χ1n) is 7.46. The zero-order valence-electron chi connectivity index (χ0n) is 13.1. The fraction of sp³-hybridized carbons (Fsp3) is 0.500. The summed E-state index contributed by atoms with van der Waals surface area (Å²) in [6.07, 6.45) is 0.752. The fourth-order valence-electron chi connectivity index (χ4n) is 2.78. The van der Waals surface area contributed by atoms with E-state index in [4.69, 9.17) is 14.0 Å². The smallest absolute Gasteiger partial charge is 0.257 e. The second-order valence-corrected chi connectivity index (χ2v) is 5.49. The van der Waals surface area contributed by atoms with Crippen molar-refractivity contribution >= 4 is 0 Å². The molecule has 0 radical (unpaired) electrons. The molecule has 3 rings (SSSR count). The molecule has 0 saturated carbocycles. The Bertz CT molecular complexity index is 641. The zero-order valence-corrected chi connectivity index (χ0v) is 13.1. The van der Waals surface area contributed by atoms with Crippen LogP contribution in [-0.4, -0.2) is 29.9 Å². The van der Waals surface area contributed by atoms with E-state index < -0.39 is 0 Å². The largest absolute Gasteiger partial charge is 0.496 e. The van der Waals surface area contributed by atoms with Gasteiger partial charge in [-0.05, 0) is 37.5 Å². The average Bonchev–Trinajstić information content (AvgIpc) is 3.14. The zero-order chi connectivity index (χ0) is 15.5. The van der Waals surface area contributed by atoms with Crippen LogP contribution in [0.1, 0.15) is 35.4 Å². The molecule has 1 aliphatic rings. The Hall–Kier alpha value is -1.92. The topological polar surface area (TPSA) is 69.4 Å². The second kappa shape index (κ2) is 6.46. The van der Waals surface area contributed by atoms with Crippen LogP contribution in [0.15, 0.2) is 22.7 Å². The molecule has 0 aliphatic carbocycles. The van der Waals surface area contributed by atoms with Gasteiger partial charge in [0.25, 0.3) is 5.89 Å². The minimum absolute atomic E-state index is 0.172. The molecule has 1 saturated heterocycles. The maximum Gasteiger partial charge on any atom is 0.257 e. The Balaban J connectivity index is 1.68. The maximum absolute atomic E-state index is 5.75. The van der Waals surface area contributed by atoms with Crippen LogP contribution in [0.2, 0.25) is 0 Å². The number of hydrogen-bond donors (Lipinski definition) is 1. The van der Waals surface area contributed by atoms with E-state index in [2.05, 4.69) is 28.4 Å². The predicted octanol–water partition coefficient (Wildman–Crippen LogP) is 2.31. The second-order valence-electron chi connectivity index (χ2n) is 5.49. The summed E-state index contributed by atoms with van der Waals surface area (Å²) in [6.45, 7) is 5.32. The Labute approximate surface area is 129 Å². The van der Waals surface area contributed by atoms with Gasteiger partial charge in [-0.25, -0.2) is 0 Å². The molecule has 2 atom stereocenters. The highest BCUT2D eigenvalue weighted by molar-refractivity contribution is 5.39. The highest BCUT2D eigenvalue weighted by Gasteiger charge is 2.33. The van der Waals surface area contributed by atoms with Gasteiger partial charge in [0.05, 0.1) is 7.11 Å². The van der Waals surface area contributed by atoms with Crippen LogP contribution >= 0.6 is 0 Å². The van der Waals surface area contributed by atoms with E-state index in [0.29, 0.717) is 18.3 Å². The lowest BCUT2D eigenvalue weighted by Gasteiger charge is -2.18. The summed E-state index contributed by atoms with van der Waals surface area (Å²) in [7, 11) is 1.69. The third kappa shape index (κ3) is 2.98. The number of ether oxygens (including phenoxy) is 2. The highest BCUT2D eigenvalue weighted by Crippen LogP contribution is 2.29. The van der Waals surface area contributed by atoms with Crippen molar-refractivity contribution in [1.82, 2.24) is 15.5 Å². The van der Waals surface area contributed by atoms with Crippen LogP contribution in [0, 0.1) is 13.8 Å². The van der Waals surface area contributed by atoms with Crippen LogP contribution in [0.4, 0.5) is 0 Å². The molecule has 2 aromatic rings. The summed E-state index contributed by atoms with van der Waals surface area (Å²) in [5, 5.41) is 7.38. The van der Waals surface area contributed by atoms with Crippen molar-refractivity contribution in [3.63, 3.8) is 0 Å². The van der Waals surface area contributed by atoms with Crippen LogP contribution in [0.25, 0.3) is 0 Å². The van der Waals surface area contributed by atoms with Gasteiger partial charge >= 0.3 is 0 Å². The molecule has 0 amide bonds. The highest BCUT2D eigenvalue weighted by atomic mass is 16.5. The lowest BCUT2D eigenvalue weighted by atomic mass is 10.1. The molecule has 1 N–H and O–H groups in total. The number of nitrogens with one attached hydrogen (secondary N) is 1. The van der Waals surface area contributed by atoms with Gasteiger partial charge in [0.15, 0.2) is 11.9 Å². The van der Waals surface area contributed by atoms with Gasteiger partial charge in [0.2, 0.25) is 0 Å². The first-order chi connectivity index (χ1) is 10.7. The molecule has 22 heavy (non-hydrogen) atoms. The third-order valence-electron chi connectivity index (χ3n) is 4.05. The van der Waals surface area contributed by atoms with E-state index >= 15 is 0 Å². The van der Waals surface area contributed by atoms with E-state index in [9.17, 15) is 0 Å². The van der Waals surface area contributed by atoms with E-state index in [1.165, 1.54) is 5.56 Å². The predicted molar refractivity (Wildman–Crippen MR) is 80.7 cm³/mol. The summed E-state index contributed by atoms with van der Waals surface area (Å²) >= 11 is 0. The molecule has 1 fully saturated rings. The molecule has 0 unspecified atom stereocenters. The Kier molecular flexibility index (Phi) is 4.40. The van der Waals surface area contributed by atoms with Gasteiger partial charge in [0.1, 0.15) is 5.75 Å². The number of methoxy groups -OCH3 is 1. The summed E-state index contributed by atoms with van der Waals surface area (Å²) < 4.78 is 16.4.